The number of carbonyl (C=O) groups is 1. The zero-order valence-electron chi connectivity index (χ0n) is 11.3. The van der Waals surface area contributed by atoms with Crippen LogP contribution in [0.1, 0.15) is 32.6 Å². The van der Waals surface area contributed by atoms with E-state index >= 15 is 0 Å². The summed E-state index contributed by atoms with van der Waals surface area (Å²) in [6.07, 6.45) is 0. The lowest BCUT2D eigenvalue weighted by atomic mass is 9.91. The van der Waals surface area contributed by atoms with Gasteiger partial charge in [0.15, 0.2) is 0 Å². The molecule has 0 unspecified atom stereocenters. The average molecular weight is 284 g/mol. The maximum atomic E-state index is 12.5. The number of rotatable bonds is 5. The topological polar surface area (TPSA) is 46.3 Å². The lowest BCUT2D eigenvalue weighted by molar-refractivity contribution is -0.139. The Balaban J connectivity index is 2.92. The molecular formula is C13H20N2OS2. The molecule has 1 amide bonds. The van der Waals surface area contributed by atoms with E-state index in [9.17, 15) is 4.79 Å². The van der Waals surface area contributed by atoms with Gasteiger partial charge in [-0.25, -0.2) is 0 Å². The molecule has 3 nitrogen and oxygen atoms in total. The van der Waals surface area contributed by atoms with Crippen molar-refractivity contribution in [3.8, 4) is 0 Å². The number of thiophene rings is 1. The Morgan fingerprint density at radius 1 is 1.56 bits per heavy atom. The molecular weight excluding hydrogens is 264 g/mol. The van der Waals surface area contributed by atoms with E-state index in [1.165, 1.54) is 0 Å². The van der Waals surface area contributed by atoms with Gasteiger partial charge in [-0.2, -0.15) is 0 Å². The van der Waals surface area contributed by atoms with Crippen LogP contribution in [0.5, 0.6) is 0 Å². The summed E-state index contributed by atoms with van der Waals surface area (Å²) in [6, 6.07) is 4.14. The van der Waals surface area contributed by atoms with E-state index in [2.05, 4.69) is 0 Å². The van der Waals surface area contributed by atoms with Crippen LogP contribution in [0.25, 0.3) is 0 Å². The summed E-state index contributed by atoms with van der Waals surface area (Å²) < 4.78 is 0. The van der Waals surface area contributed by atoms with E-state index in [0.717, 1.165) is 4.88 Å². The first-order chi connectivity index (χ1) is 8.26. The van der Waals surface area contributed by atoms with Gasteiger partial charge in [0.1, 0.15) is 0 Å². The third-order valence-electron chi connectivity index (χ3n) is 2.94. The van der Waals surface area contributed by atoms with E-state index < -0.39 is 5.41 Å². The fourth-order valence-corrected chi connectivity index (χ4v) is 2.31. The maximum absolute atomic E-state index is 12.5. The molecule has 0 saturated carbocycles. The van der Waals surface area contributed by atoms with Crippen LogP contribution in [-0.2, 0) is 11.3 Å². The predicted molar refractivity (Wildman–Crippen MR) is 80.6 cm³/mol. The van der Waals surface area contributed by atoms with Crippen molar-refractivity contribution < 1.29 is 4.79 Å². The molecule has 0 radical (unpaired) electrons. The quantitative estimate of drug-likeness (QED) is 0.846. The SMILES string of the molecule is CC(C)N(Cc1cccs1)C(=O)C(C)(C)C(N)=S. The van der Waals surface area contributed by atoms with Gasteiger partial charge in [0, 0.05) is 10.9 Å². The molecule has 1 aromatic heterocycles. The van der Waals surface area contributed by atoms with Gasteiger partial charge in [0.2, 0.25) is 5.91 Å². The normalized spacial score (nSPS) is 11.6. The molecule has 1 heterocycles. The van der Waals surface area contributed by atoms with Crippen molar-refractivity contribution in [2.24, 2.45) is 11.1 Å². The first-order valence-electron chi connectivity index (χ1n) is 5.90. The first-order valence-corrected chi connectivity index (χ1v) is 7.19. The van der Waals surface area contributed by atoms with Crippen LogP contribution in [0.4, 0.5) is 0 Å². The van der Waals surface area contributed by atoms with Crippen LogP contribution < -0.4 is 5.73 Å². The minimum atomic E-state index is -0.795. The highest BCUT2D eigenvalue weighted by atomic mass is 32.1. The minimum absolute atomic E-state index is 0.0154. The first kappa shape index (κ1) is 15.1. The summed E-state index contributed by atoms with van der Waals surface area (Å²) in [5.74, 6) is -0.0154. The summed E-state index contributed by atoms with van der Waals surface area (Å²) >= 11 is 6.64. The summed E-state index contributed by atoms with van der Waals surface area (Å²) in [5.41, 5.74) is 4.87. The van der Waals surface area contributed by atoms with Crippen molar-refractivity contribution in [1.29, 1.82) is 0 Å². The number of thiocarbonyl (C=S) groups is 1. The smallest absolute Gasteiger partial charge is 0.235 e. The summed E-state index contributed by atoms with van der Waals surface area (Å²) in [5, 5.41) is 2.01. The van der Waals surface area contributed by atoms with Crippen LogP contribution in [0, 0.1) is 5.41 Å². The lowest BCUT2D eigenvalue weighted by Gasteiger charge is -2.33. The van der Waals surface area contributed by atoms with Crippen molar-refractivity contribution in [2.45, 2.75) is 40.3 Å². The van der Waals surface area contributed by atoms with Gasteiger partial charge in [-0.3, -0.25) is 4.79 Å². The van der Waals surface area contributed by atoms with E-state index in [1.54, 1.807) is 25.2 Å². The van der Waals surface area contributed by atoms with Gasteiger partial charge in [-0.1, -0.05) is 18.3 Å². The van der Waals surface area contributed by atoms with Crippen LogP contribution in [0.2, 0.25) is 0 Å². The van der Waals surface area contributed by atoms with Crippen LogP contribution in [0.15, 0.2) is 17.5 Å². The highest BCUT2D eigenvalue weighted by Crippen LogP contribution is 2.23. The molecule has 0 bridgehead atoms. The number of nitrogens with two attached hydrogens (primary N) is 1. The van der Waals surface area contributed by atoms with E-state index in [1.807, 2.05) is 36.3 Å². The molecule has 1 aromatic rings. The van der Waals surface area contributed by atoms with Crippen molar-refractivity contribution >= 4 is 34.5 Å². The fourth-order valence-electron chi connectivity index (χ4n) is 1.52. The van der Waals surface area contributed by atoms with Crippen molar-refractivity contribution in [3.63, 3.8) is 0 Å². The molecule has 0 fully saturated rings. The van der Waals surface area contributed by atoms with Crippen LogP contribution in [-0.4, -0.2) is 21.8 Å². The Morgan fingerprint density at radius 2 is 2.17 bits per heavy atom. The predicted octanol–water partition coefficient (Wildman–Crippen LogP) is 2.80. The largest absolute Gasteiger partial charge is 0.392 e. The molecule has 0 aliphatic heterocycles. The summed E-state index contributed by atoms with van der Waals surface area (Å²) in [6.45, 7) is 8.17. The van der Waals surface area contributed by atoms with Gasteiger partial charge < -0.3 is 10.6 Å². The lowest BCUT2D eigenvalue weighted by Crippen LogP contribution is -2.49. The Kier molecular flexibility index (Phi) is 4.87. The van der Waals surface area contributed by atoms with E-state index in [0.29, 0.717) is 6.54 Å². The molecule has 100 valence electrons. The molecule has 0 aliphatic rings. The molecule has 0 saturated heterocycles. The molecule has 5 heteroatoms. The van der Waals surface area contributed by atoms with Gasteiger partial charge in [-0.05, 0) is 39.1 Å². The van der Waals surface area contributed by atoms with Crippen molar-refractivity contribution in [3.05, 3.63) is 22.4 Å². The second-order valence-electron chi connectivity index (χ2n) is 5.10. The Labute approximate surface area is 118 Å². The second kappa shape index (κ2) is 5.80. The molecule has 0 spiro atoms. The highest BCUT2D eigenvalue weighted by molar-refractivity contribution is 7.80. The minimum Gasteiger partial charge on any atom is -0.392 e. The van der Waals surface area contributed by atoms with Gasteiger partial charge in [0.25, 0.3) is 0 Å². The Bertz CT molecular complexity index is 424. The maximum Gasteiger partial charge on any atom is 0.235 e. The number of hydrogen-bond acceptors (Lipinski definition) is 3. The number of hydrogen-bond donors (Lipinski definition) is 1. The van der Waals surface area contributed by atoms with Gasteiger partial charge in [-0.15, -0.1) is 11.3 Å². The molecule has 0 aromatic carbocycles. The zero-order valence-corrected chi connectivity index (χ0v) is 12.9. The second-order valence-corrected chi connectivity index (χ2v) is 6.57. The summed E-state index contributed by atoms with van der Waals surface area (Å²) in [4.78, 5) is 15.8. The number of carbonyl (C=O) groups excluding carboxylic acids is 1. The number of nitrogens with zero attached hydrogens (tertiary/aromatic N) is 1. The molecule has 18 heavy (non-hydrogen) atoms. The molecule has 0 aliphatic carbocycles. The standard InChI is InChI=1S/C13H20N2OS2/c1-9(2)15(8-10-6-5-7-18-10)12(16)13(3,4)11(14)17/h5-7,9H,8H2,1-4H3,(H2,14,17). The van der Waals surface area contributed by atoms with Gasteiger partial charge in [0.05, 0.1) is 16.9 Å². The summed E-state index contributed by atoms with van der Waals surface area (Å²) in [7, 11) is 0. The van der Waals surface area contributed by atoms with E-state index in [-0.39, 0.29) is 16.9 Å². The van der Waals surface area contributed by atoms with Gasteiger partial charge >= 0.3 is 0 Å². The van der Waals surface area contributed by atoms with E-state index in [4.69, 9.17) is 18.0 Å². The zero-order chi connectivity index (χ0) is 13.9. The Morgan fingerprint density at radius 3 is 2.56 bits per heavy atom. The molecule has 1 rings (SSSR count). The fraction of sp³-hybridized carbons (Fsp3) is 0.538. The van der Waals surface area contributed by atoms with Crippen LogP contribution in [0.3, 0.4) is 0 Å². The monoisotopic (exact) mass is 284 g/mol. The third kappa shape index (κ3) is 3.29. The Hall–Kier alpha value is -0.940. The van der Waals surface area contributed by atoms with Crippen LogP contribution >= 0.6 is 23.6 Å². The molecule has 2 N–H and O–H groups in total. The van der Waals surface area contributed by atoms with Crippen molar-refractivity contribution in [1.82, 2.24) is 4.90 Å². The highest BCUT2D eigenvalue weighted by Gasteiger charge is 2.35. The third-order valence-corrected chi connectivity index (χ3v) is 4.31. The number of amides is 1. The molecule has 0 atom stereocenters. The average Bonchev–Trinajstić information content (AvgIpc) is 2.76. The van der Waals surface area contributed by atoms with Crippen molar-refractivity contribution in [2.75, 3.05) is 0 Å².